The van der Waals surface area contributed by atoms with E-state index in [1.165, 1.54) is 0 Å². The molecular weight excluding hydrogens is 265 g/mol. The smallest absolute Gasteiger partial charge is 0.0904 e. The highest BCUT2D eigenvalue weighted by Crippen LogP contribution is 2.29. The van der Waals surface area contributed by atoms with Gasteiger partial charge >= 0.3 is 0 Å². The molecule has 0 nitrogen and oxygen atoms in total. The van der Waals surface area contributed by atoms with Crippen molar-refractivity contribution < 1.29 is 0 Å². The van der Waals surface area contributed by atoms with Crippen LogP contribution in [-0.4, -0.2) is 48.8 Å². The normalized spacial score (nSPS) is 13.9. The lowest BCUT2D eigenvalue weighted by Gasteiger charge is -2.03. The Hall–Kier alpha value is 0.727. The van der Waals surface area contributed by atoms with Gasteiger partial charge in [-0.1, -0.05) is 58.3 Å². The third-order valence-corrected chi connectivity index (χ3v) is 6.43. The second-order valence-corrected chi connectivity index (χ2v) is 13.0. The molecule has 0 amide bonds. The first-order chi connectivity index (χ1) is 7.41. The van der Waals surface area contributed by atoms with Crippen molar-refractivity contribution in [1.82, 2.24) is 0 Å². The molecule has 0 unspecified atom stereocenters. The van der Waals surface area contributed by atoms with E-state index >= 15 is 0 Å². The van der Waals surface area contributed by atoms with Crippen molar-refractivity contribution in [3.8, 4) is 0 Å². The fraction of sp³-hybridized carbons (Fsp3) is 0.500. The first kappa shape index (κ1) is 16.7. The molecule has 0 aliphatic heterocycles. The van der Waals surface area contributed by atoms with E-state index in [-0.39, 0.29) is 23.8 Å². The summed E-state index contributed by atoms with van der Waals surface area (Å²) in [6, 6.07) is 0. The lowest BCUT2D eigenvalue weighted by atomic mass is 11.2. The van der Waals surface area contributed by atoms with Crippen molar-refractivity contribution in [2.24, 2.45) is 0 Å². The first-order valence-corrected chi connectivity index (χ1v) is 14.0. The van der Waals surface area contributed by atoms with Gasteiger partial charge in [0.05, 0.1) is 0 Å². The summed E-state index contributed by atoms with van der Waals surface area (Å²) in [4.78, 5) is 0. The van der Waals surface area contributed by atoms with E-state index in [1.54, 1.807) is 0 Å². The Morgan fingerprint density at radius 2 is 0.812 bits per heavy atom. The van der Waals surface area contributed by atoms with Crippen molar-refractivity contribution in [2.45, 2.75) is 0 Å². The zero-order chi connectivity index (χ0) is 12.6. The van der Waals surface area contributed by atoms with Crippen LogP contribution in [0, 0.1) is 0 Å². The van der Waals surface area contributed by atoms with Crippen LogP contribution in [0.25, 0.3) is 0 Å². The molecule has 0 fully saturated rings. The first-order valence-electron chi connectivity index (χ1n) is 5.32. The Kier molecular flexibility index (Phi) is 10.2. The molecular formula is C12H24P3Si. The van der Waals surface area contributed by atoms with E-state index in [1.807, 2.05) is 0 Å². The largest absolute Gasteiger partial charge is 0.131 e. The van der Waals surface area contributed by atoms with E-state index in [4.69, 9.17) is 0 Å². The average molecular weight is 289 g/mol. The van der Waals surface area contributed by atoms with Gasteiger partial charge in [-0.3, -0.25) is 0 Å². The van der Waals surface area contributed by atoms with E-state index < -0.39 is 8.80 Å². The minimum atomic E-state index is -0.523. The van der Waals surface area contributed by atoms with Crippen LogP contribution in [0.5, 0.6) is 0 Å². The standard InChI is InChI=1S/C12H24P3Si/c1-13(2)7-10-16(11-8-14(3)4)12-9-15(5)6/h7-12H,1-6H3/b10-7-,11-8-,12-9-. The lowest BCUT2D eigenvalue weighted by molar-refractivity contribution is 2.10. The van der Waals surface area contributed by atoms with Crippen LogP contribution in [0.4, 0.5) is 0 Å². The van der Waals surface area contributed by atoms with Gasteiger partial charge < -0.3 is 0 Å². The number of rotatable bonds is 6. The molecule has 0 aromatic rings. The third-order valence-electron chi connectivity index (χ3n) is 1.70. The quantitative estimate of drug-likeness (QED) is 0.483. The molecule has 4 heteroatoms. The van der Waals surface area contributed by atoms with Gasteiger partial charge in [0.15, 0.2) is 0 Å². The molecule has 0 atom stereocenters. The SMILES string of the molecule is CP(C)/C=C\[Si](/C=C\P(C)C)/C=C\P(C)C. The molecule has 0 spiro atoms. The van der Waals surface area contributed by atoms with E-state index in [0.717, 1.165) is 0 Å². The highest BCUT2D eigenvalue weighted by atomic mass is 31.1. The van der Waals surface area contributed by atoms with E-state index in [0.29, 0.717) is 0 Å². The summed E-state index contributed by atoms with van der Waals surface area (Å²) in [7, 11) is -0.215. The third kappa shape index (κ3) is 11.2. The van der Waals surface area contributed by atoms with Crippen LogP contribution in [-0.2, 0) is 0 Å². The molecule has 16 heavy (non-hydrogen) atoms. The van der Waals surface area contributed by atoms with Crippen LogP contribution in [0.15, 0.2) is 34.5 Å². The van der Waals surface area contributed by atoms with Crippen molar-refractivity contribution in [2.75, 3.05) is 40.0 Å². The van der Waals surface area contributed by atoms with Gasteiger partial charge in [0, 0.05) is 0 Å². The zero-order valence-electron chi connectivity index (χ0n) is 11.3. The molecule has 0 aromatic heterocycles. The molecule has 0 N–H and O–H groups in total. The molecule has 0 aliphatic carbocycles. The summed E-state index contributed by atoms with van der Waals surface area (Å²) in [5, 5.41) is 0. The van der Waals surface area contributed by atoms with Crippen LogP contribution in [0.2, 0.25) is 0 Å². The van der Waals surface area contributed by atoms with Gasteiger partial charge in [0.1, 0.15) is 8.80 Å². The zero-order valence-corrected chi connectivity index (χ0v) is 15.0. The van der Waals surface area contributed by atoms with Gasteiger partial charge in [-0.2, -0.15) is 0 Å². The summed E-state index contributed by atoms with van der Waals surface area (Å²) in [5.74, 6) is 7.21. The Labute approximate surface area is 107 Å². The Balaban J connectivity index is 4.51. The van der Waals surface area contributed by atoms with Crippen LogP contribution in [0.3, 0.4) is 0 Å². The monoisotopic (exact) mass is 289 g/mol. The highest BCUT2D eigenvalue weighted by Gasteiger charge is 1.99. The van der Waals surface area contributed by atoms with Gasteiger partial charge in [0.25, 0.3) is 0 Å². The average Bonchev–Trinajstić information content (AvgIpc) is 2.15. The Morgan fingerprint density at radius 3 is 1.00 bits per heavy atom. The predicted molar refractivity (Wildman–Crippen MR) is 89.5 cm³/mol. The summed E-state index contributed by atoms with van der Waals surface area (Å²) >= 11 is 0. The molecule has 0 saturated heterocycles. The molecule has 1 radical (unpaired) electrons. The summed E-state index contributed by atoms with van der Waals surface area (Å²) in [5.41, 5.74) is 7.34. The van der Waals surface area contributed by atoms with Crippen molar-refractivity contribution in [3.05, 3.63) is 34.5 Å². The van der Waals surface area contributed by atoms with E-state index in [2.05, 4.69) is 74.5 Å². The van der Waals surface area contributed by atoms with Crippen molar-refractivity contribution in [3.63, 3.8) is 0 Å². The molecule has 0 aliphatic rings. The van der Waals surface area contributed by atoms with Gasteiger partial charge in [-0.05, 0) is 40.0 Å². The fourth-order valence-electron chi connectivity index (χ4n) is 0.872. The minimum absolute atomic E-state index is 0.103. The lowest BCUT2D eigenvalue weighted by Crippen LogP contribution is -2.00. The maximum absolute atomic E-state index is 2.45. The fourth-order valence-corrected chi connectivity index (χ4v) is 6.85. The second-order valence-electron chi connectivity index (χ2n) is 4.34. The van der Waals surface area contributed by atoms with Gasteiger partial charge in [-0.15, -0.1) is 0 Å². The molecule has 0 aromatic carbocycles. The predicted octanol–water partition coefficient (Wildman–Crippen LogP) is 4.86. The Morgan fingerprint density at radius 1 is 0.562 bits per heavy atom. The molecule has 0 saturated carbocycles. The van der Waals surface area contributed by atoms with Crippen LogP contribution >= 0.6 is 23.8 Å². The summed E-state index contributed by atoms with van der Waals surface area (Å²) < 4.78 is 0. The number of hydrogen-bond acceptors (Lipinski definition) is 0. The Bertz CT molecular complexity index is 212. The molecule has 0 rings (SSSR count). The summed E-state index contributed by atoms with van der Waals surface area (Å²) in [6.07, 6.45) is 0. The van der Waals surface area contributed by atoms with E-state index in [9.17, 15) is 0 Å². The molecule has 0 bridgehead atoms. The highest BCUT2D eigenvalue weighted by molar-refractivity contribution is 7.60. The minimum Gasteiger partial charge on any atom is -0.0904 e. The maximum atomic E-state index is 2.45. The summed E-state index contributed by atoms with van der Waals surface area (Å²) in [6.45, 7) is 13.8. The van der Waals surface area contributed by atoms with Crippen LogP contribution < -0.4 is 0 Å². The molecule has 0 heterocycles. The van der Waals surface area contributed by atoms with Gasteiger partial charge in [-0.25, -0.2) is 0 Å². The number of hydrogen-bond donors (Lipinski definition) is 0. The second kappa shape index (κ2) is 9.73. The maximum Gasteiger partial charge on any atom is 0.131 e. The molecule has 91 valence electrons. The topological polar surface area (TPSA) is 0 Å². The van der Waals surface area contributed by atoms with Crippen molar-refractivity contribution in [1.29, 1.82) is 0 Å². The van der Waals surface area contributed by atoms with Gasteiger partial charge in [0.2, 0.25) is 0 Å². The van der Waals surface area contributed by atoms with Crippen LogP contribution in [0.1, 0.15) is 0 Å². The van der Waals surface area contributed by atoms with Crippen molar-refractivity contribution >= 4 is 32.6 Å².